The van der Waals surface area contributed by atoms with Gasteiger partial charge in [-0.3, -0.25) is 19.2 Å². The summed E-state index contributed by atoms with van der Waals surface area (Å²) in [6, 6.07) is 14.1. The SMILES string of the molecule is C=C(C(=O)C(=O)N1CCN(c2c(NCCc3ccccc3)c(=O)c2=O)CC1)c1c(F)cccc1NC. The molecule has 8 nitrogen and oxygen atoms in total. The highest BCUT2D eigenvalue weighted by atomic mass is 19.1. The fourth-order valence-corrected chi connectivity index (χ4v) is 4.38. The van der Waals surface area contributed by atoms with Crippen LogP contribution in [0.2, 0.25) is 0 Å². The Labute approximate surface area is 207 Å². The Morgan fingerprint density at radius 1 is 0.972 bits per heavy atom. The predicted octanol–water partition coefficient (Wildman–Crippen LogP) is 2.05. The smallest absolute Gasteiger partial charge is 0.295 e. The van der Waals surface area contributed by atoms with Gasteiger partial charge in [0.2, 0.25) is 0 Å². The van der Waals surface area contributed by atoms with E-state index >= 15 is 0 Å². The molecule has 36 heavy (non-hydrogen) atoms. The summed E-state index contributed by atoms with van der Waals surface area (Å²) < 4.78 is 14.4. The molecule has 1 heterocycles. The van der Waals surface area contributed by atoms with Gasteiger partial charge >= 0.3 is 0 Å². The molecule has 0 unspecified atom stereocenters. The number of Topliss-reactive ketones (excluding diaryl/α,β-unsaturated/α-hetero) is 1. The molecule has 2 N–H and O–H groups in total. The van der Waals surface area contributed by atoms with E-state index in [4.69, 9.17) is 0 Å². The van der Waals surface area contributed by atoms with Gasteiger partial charge in [0.05, 0.1) is 0 Å². The van der Waals surface area contributed by atoms with Gasteiger partial charge in [0, 0.05) is 56.6 Å². The van der Waals surface area contributed by atoms with Crippen LogP contribution in [0.5, 0.6) is 0 Å². The van der Waals surface area contributed by atoms with Gasteiger partial charge in [0.25, 0.3) is 22.5 Å². The van der Waals surface area contributed by atoms with Crippen molar-refractivity contribution in [1.82, 2.24) is 4.90 Å². The van der Waals surface area contributed by atoms with Crippen LogP contribution in [-0.2, 0) is 16.0 Å². The molecule has 0 radical (unpaired) electrons. The highest BCUT2D eigenvalue weighted by molar-refractivity contribution is 6.53. The minimum Gasteiger partial charge on any atom is -0.388 e. The third-order valence-corrected chi connectivity index (χ3v) is 6.38. The number of benzene rings is 2. The second kappa shape index (κ2) is 10.6. The number of nitrogens with zero attached hydrogens (tertiary/aromatic N) is 2. The van der Waals surface area contributed by atoms with E-state index in [-0.39, 0.29) is 37.3 Å². The molecule has 1 aliphatic rings. The van der Waals surface area contributed by atoms with Crippen LogP contribution >= 0.6 is 0 Å². The lowest BCUT2D eigenvalue weighted by Crippen LogP contribution is -2.54. The molecule has 0 spiro atoms. The maximum atomic E-state index is 14.4. The molecular formula is C27H27FN4O4. The summed E-state index contributed by atoms with van der Waals surface area (Å²) in [5.74, 6) is -2.32. The number of halogens is 1. The van der Waals surface area contributed by atoms with Crippen molar-refractivity contribution in [3.63, 3.8) is 0 Å². The van der Waals surface area contributed by atoms with Gasteiger partial charge in [-0.1, -0.05) is 43.0 Å². The number of amides is 1. The highest BCUT2D eigenvalue weighted by Gasteiger charge is 2.33. The summed E-state index contributed by atoms with van der Waals surface area (Å²) >= 11 is 0. The first-order chi connectivity index (χ1) is 17.3. The lowest BCUT2D eigenvalue weighted by atomic mass is 9.99. The number of piperazine rings is 1. The van der Waals surface area contributed by atoms with Crippen LogP contribution in [-0.4, -0.2) is 56.4 Å². The van der Waals surface area contributed by atoms with Gasteiger partial charge in [0.15, 0.2) is 0 Å². The summed E-state index contributed by atoms with van der Waals surface area (Å²) in [6.45, 7) is 5.09. The topological polar surface area (TPSA) is 98.8 Å². The van der Waals surface area contributed by atoms with E-state index in [1.165, 1.54) is 17.0 Å². The van der Waals surface area contributed by atoms with E-state index in [9.17, 15) is 23.6 Å². The average Bonchev–Trinajstić information content (AvgIpc) is 2.91. The average molecular weight is 491 g/mol. The fraction of sp³-hybridized carbons (Fsp3) is 0.259. The summed E-state index contributed by atoms with van der Waals surface area (Å²) in [4.78, 5) is 53.2. The van der Waals surface area contributed by atoms with Crippen LogP contribution in [0.25, 0.3) is 5.57 Å². The van der Waals surface area contributed by atoms with E-state index in [2.05, 4.69) is 17.2 Å². The fourth-order valence-electron chi connectivity index (χ4n) is 4.38. The first-order valence-corrected chi connectivity index (χ1v) is 11.7. The number of nitrogens with one attached hydrogen (secondary N) is 2. The molecule has 1 amide bonds. The predicted molar refractivity (Wildman–Crippen MR) is 139 cm³/mol. The summed E-state index contributed by atoms with van der Waals surface area (Å²) in [7, 11) is 1.59. The Balaban J connectivity index is 1.37. The second-order valence-corrected chi connectivity index (χ2v) is 8.54. The third-order valence-electron chi connectivity index (χ3n) is 6.38. The lowest BCUT2D eigenvalue weighted by Gasteiger charge is -2.36. The van der Waals surface area contributed by atoms with Crippen LogP contribution < -0.4 is 26.4 Å². The molecule has 0 saturated carbocycles. The number of hydrogen-bond acceptors (Lipinski definition) is 7. The minimum absolute atomic E-state index is 0.0352. The minimum atomic E-state index is -0.887. The molecule has 0 bridgehead atoms. The number of carbonyl (C=O) groups is 2. The van der Waals surface area contributed by atoms with Crippen molar-refractivity contribution < 1.29 is 14.0 Å². The highest BCUT2D eigenvalue weighted by Crippen LogP contribution is 2.27. The van der Waals surface area contributed by atoms with Crippen LogP contribution in [0.3, 0.4) is 0 Å². The van der Waals surface area contributed by atoms with Crippen LogP contribution in [0.1, 0.15) is 11.1 Å². The maximum Gasteiger partial charge on any atom is 0.295 e. The normalized spacial score (nSPS) is 13.5. The number of hydrogen-bond donors (Lipinski definition) is 2. The zero-order valence-electron chi connectivity index (χ0n) is 20.0. The van der Waals surface area contributed by atoms with Gasteiger partial charge in [-0.15, -0.1) is 0 Å². The third kappa shape index (κ3) is 4.77. The number of ketones is 1. The van der Waals surface area contributed by atoms with E-state index in [1.54, 1.807) is 18.0 Å². The quantitative estimate of drug-likeness (QED) is 0.350. The van der Waals surface area contributed by atoms with Crippen molar-refractivity contribution in [3.8, 4) is 0 Å². The largest absolute Gasteiger partial charge is 0.388 e. The number of rotatable bonds is 9. The molecule has 1 aliphatic heterocycles. The molecule has 1 saturated heterocycles. The Morgan fingerprint density at radius 3 is 2.33 bits per heavy atom. The Morgan fingerprint density at radius 2 is 1.67 bits per heavy atom. The zero-order chi connectivity index (χ0) is 25.8. The lowest BCUT2D eigenvalue weighted by molar-refractivity contribution is -0.142. The molecule has 0 aromatic heterocycles. The molecule has 3 aromatic carbocycles. The standard InChI is InChI=1S/C27H27FN4O4/c1-17(21-19(28)9-6-10-20(21)29-2)24(33)27(36)32-15-13-31(14-16-32)23-22(25(34)26(23)35)30-12-11-18-7-4-3-5-8-18/h3-10,29-30H,1,11-16H2,2H3. The first-order valence-electron chi connectivity index (χ1n) is 11.7. The van der Waals surface area contributed by atoms with Crippen molar-refractivity contribution in [2.45, 2.75) is 6.42 Å². The second-order valence-electron chi connectivity index (χ2n) is 8.54. The molecule has 0 aliphatic carbocycles. The van der Waals surface area contributed by atoms with Gasteiger partial charge < -0.3 is 20.4 Å². The van der Waals surface area contributed by atoms with Crippen molar-refractivity contribution >= 4 is 34.3 Å². The van der Waals surface area contributed by atoms with Crippen molar-refractivity contribution in [2.75, 3.05) is 55.3 Å². The van der Waals surface area contributed by atoms with Gasteiger partial charge in [-0.25, -0.2) is 4.39 Å². The Bertz CT molecular complexity index is 1370. The first kappa shape index (κ1) is 24.8. The van der Waals surface area contributed by atoms with Crippen LogP contribution in [0.4, 0.5) is 21.5 Å². The molecule has 0 atom stereocenters. The Kier molecular flexibility index (Phi) is 7.28. The van der Waals surface area contributed by atoms with Crippen molar-refractivity contribution in [2.24, 2.45) is 0 Å². The summed E-state index contributed by atoms with van der Waals surface area (Å²) in [5, 5.41) is 5.88. The summed E-state index contributed by atoms with van der Waals surface area (Å²) in [5.41, 5.74) is 0.720. The maximum absolute atomic E-state index is 14.4. The Hall–Kier alpha value is -4.27. The van der Waals surface area contributed by atoms with Gasteiger partial charge in [-0.05, 0) is 24.1 Å². The summed E-state index contributed by atoms with van der Waals surface area (Å²) in [6.07, 6.45) is 0.699. The van der Waals surface area contributed by atoms with Crippen LogP contribution in [0, 0.1) is 5.82 Å². The molecule has 3 aromatic rings. The van der Waals surface area contributed by atoms with E-state index in [1.807, 2.05) is 30.3 Å². The number of anilines is 3. The molecule has 9 heteroatoms. The van der Waals surface area contributed by atoms with E-state index < -0.39 is 28.4 Å². The van der Waals surface area contributed by atoms with Crippen molar-refractivity contribution in [1.29, 1.82) is 0 Å². The monoisotopic (exact) mass is 490 g/mol. The molecule has 4 rings (SSSR count). The van der Waals surface area contributed by atoms with Gasteiger partial charge in [-0.2, -0.15) is 0 Å². The van der Waals surface area contributed by atoms with Crippen molar-refractivity contribution in [3.05, 3.63) is 92.5 Å². The van der Waals surface area contributed by atoms with Crippen LogP contribution in [0.15, 0.2) is 64.7 Å². The molecular weight excluding hydrogens is 463 g/mol. The van der Waals surface area contributed by atoms with Gasteiger partial charge in [0.1, 0.15) is 17.2 Å². The van der Waals surface area contributed by atoms with E-state index in [0.29, 0.717) is 30.0 Å². The molecule has 186 valence electrons. The van der Waals surface area contributed by atoms with E-state index in [0.717, 1.165) is 5.56 Å². The molecule has 1 fully saturated rings. The number of carbonyl (C=O) groups excluding carboxylic acids is 2. The zero-order valence-corrected chi connectivity index (χ0v) is 20.0.